The van der Waals surface area contributed by atoms with Crippen LogP contribution in [0.2, 0.25) is 0 Å². The third-order valence-electron chi connectivity index (χ3n) is 3.82. The Labute approximate surface area is 116 Å². The van der Waals surface area contributed by atoms with Gasteiger partial charge in [0.05, 0.1) is 0 Å². The summed E-state index contributed by atoms with van der Waals surface area (Å²) in [4.78, 5) is 14.5. The molecule has 1 fully saturated rings. The normalized spacial score (nSPS) is 18.8. The van der Waals surface area contributed by atoms with Gasteiger partial charge in [0.15, 0.2) is 0 Å². The van der Waals surface area contributed by atoms with Gasteiger partial charge in [0.25, 0.3) is 5.91 Å². The fourth-order valence-corrected chi connectivity index (χ4v) is 2.82. The molecule has 0 bridgehead atoms. The van der Waals surface area contributed by atoms with Crippen LogP contribution in [0.5, 0.6) is 0 Å². The highest BCUT2D eigenvalue weighted by atomic mass is 16.2. The number of likely N-dealkylation sites (N-methyl/N-ethyl adjacent to an activating group) is 1. The molecule has 3 heteroatoms. The standard InChI is InChI=1S/C16H24N2O/c1-3-5-13-7-9-14(10-8-13)16(19)18-11-4-6-15(18)12-17-2/h7-10,15,17H,3-6,11-12H2,1-2H3. The van der Waals surface area contributed by atoms with Crippen molar-refractivity contribution < 1.29 is 4.79 Å². The van der Waals surface area contributed by atoms with Gasteiger partial charge in [-0.1, -0.05) is 25.5 Å². The van der Waals surface area contributed by atoms with Gasteiger partial charge in [-0.15, -0.1) is 0 Å². The van der Waals surface area contributed by atoms with E-state index in [1.54, 1.807) is 0 Å². The molecule has 0 radical (unpaired) electrons. The molecule has 1 atom stereocenters. The van der Waals surface area contributed by atoms with Crippen molar-refractivity contribution >= 4 is 5.91 Å². The van der Waals surface area contributed by atoms with Crippen molar-refractivity contribution in [3.05, 3.63) is 35.4 Å². The van der Waals surface area contributed by atoms with E-state index in [4.69, 9.17) is 0 Å². The molecule has 1 N–H and O–H groups in total. The summed E-state index contributed by atoms with van der Waals surface area (Å²) in [6.45, 7) is 3.95. The number of rotatable bonds is 5. The van der Waals surface area contributed by atoms with Gasteiger partial charge in [-0.3, -0.25) is 4.79 Å². The Balaban J connectivity index is 2.06. The molecule has 1 aromatic carbocycles. The smallest absolute Gasteiger partial charge is 0.254 e. The average Bonchev–Trinajstić information content (AvgIpc) is 2.88. The lowest BCUT2D eigenvalue weighted by molar-refractivity contribution is 0.0737. The summed E-state index contributed by atoms with van der Waals surface area (Å²) in [5.74, 6) is 0.181. The quantitative estimate of drug-likeness (QED) is 0.882. The predicted molar refractivity (Wildman–Crippen MR) is 78.4 cm³/mol. The van der Waals surface area contributed by atoms with Crippen molar-refractivity contribution in [3.8, 4) is 0 Å². The molecule has 0 aliphatic carbocycles. The van der Waals surface area contributed by atoms with Crippen LogP contribution in [0.3, 0.4) is 0 Å². The first-order chi connectivity index (χ1) is 9.26. The van der Waals surface area contributed by atoms with Crippen LogP contribution in [0.1, 0.15) is 42.1 Å². The van der Waals surface area contributed by atoms with Gasteiger partial charge in [-0.25, -0.2) is 0 Å². The number of benzene rings is 1. The Morgan fingerprint density at radius 1 is 1.37 bits per heavy atom. The molecule has 1 amide bonds. The molecule has 1 saturated heterocycles. The van der Waals surface area contributed by atoms with Crippen molar-refractivity contribution in [1.29, 1.82) is 0 Å². The highest BCUT2D eigenvalue weighted by molar-refractivity contribution is 5.94. The maximum absolute atomic E-state index is 12.5. The second-order valence-electron chi connectivity index (χ2n) is 5.30. The number of amides is 1. The summed E-state index contributed by atoms with van der Waals surface area (Å²) in [5.41, 5.74) is 2.13. The first-order valence-electron chi connectivity index (χ1n) is 7.30. The van der Waals surface area contributed by atoms with Crippen LogP contribution in [0.25, 0.3) is 0 Å². The van der Waals surface area contributed by atoms with E-state index >= 15 is 0 Å². The summed E-state index contributed by atoms with van der Waals surface area (Å²) in [5, 5.41) is 3.18. The summed E-state index contributed by atoms with van der Waals surface area (Å²) < 4.78 is 0. The van der Waals surface area contributed by atoms with Crippen molar-refractivity contribution in [2.75, 3.05) is 20.1 Å². The fraction of sp³-hybridized carbons (Fsp3) is 0.562. The molecule has 2 rings (SSSR count). The molecule has 1 aliphatic heterocycles. The van der Waals surface area contributed by atoms with Crippen LogP contribution < -0.4 is 5.32 Å². The number of carbonyl (C=O) groups is 1. The maximum Gasteiger partial charge on any atom is 0.254 e. The molecule has 0 spiro atoms. The third-order valence-corrected chi connectivity index (χ3v) is 3.82. The molecule has 1 unspecified atom stereocenters. The number of carbonyl (C=O) groups excluding carboxylic acids is 1. The second kappa shape index (κ2) is 6.71. The van der Waals surface area contributed by atoms with E-state index in [-0.39, 0.29) is 5.91 Å². The van der Waals surface area contributed by atoms with Crippen LogP contribution in [0.15, 0.2) is 24.3 Å². The molecule has 1 aliphatic rings. The lowest BCUT2D eigenvalue weighted by Crippen LogP contribution is -2.40. The SMILES string of the molecule is CCCc1ccc(C(=O)N2CCCC2CNC)cc1. The predicted octanol–water partition coefficient (Wildman–Crippen LogP) is 2.46. The monoisotopic (exact) mass is 260 g/mol. The number of aryl methyl sites for hydroxylation is 1. The zero-order valence-corrected chi connectivity index (χ0v) is 12.0. The molecule has 104 valence electrons. The largest absolute Gasteiger partial charge is 0.334 e. The van der Waals surface area contributed by atoms with Crippen LogP contribution in [0.4, 0.5) is 0 Å². The maximum atomic E-state index is 12.5. The Bertz CT molecular complexity index is 413. The van der Waals surface area contributed by atoms with E-state index in [9.17, 15) is 4.79 Å². The summed E-state index contributed by atoms with van der Waals surface area (Å²) in [6.07, 6.45) is 4.46. The van der Waals surface area contributed by atoms with E-state index in [1.165, 1.54) is 5.56 Å². The average molecular weight is 260 g/mol. The minimum absolute atomic E-state index is 0.181. The van der Waals surface area contributed by atoms with Gasteiger partial charge in [0.2, 0.25) is 0 Å². The zero-order chi connectivity index (χ0) is 13.7. The van der Waals surface area contributed by atoms with Crippen molar-refractivity contribution in [3.63, 3.8) is 0 Å². The summed E-state index contributed by atoms with van der Waals surface area (Å²) >= 11 is 0. The zero-order valence-electron chi connectivity index (χ0n) is 12.0. The number of likely N-dealkylation sites (tertiary alicyclic amines) is 1. The van der Waals surface area contributed by atoms with E-state index < -0.39 is 0 Å². The fourth-order valence-electron chi connectivity index (χ4n) is 2.82. The second-order valence-corrected chi connectivity index (χ2v) is 5.30. The minimum Gasteiger partial charge on any atom is -0.334 e. The Hall–Kier alpha value is -1.35. The summed E-state index contributed by atoms with van der Waals surface area (Å²) in [6, 6.07) is 8.47. The van der Waals surface area contributed by atoms with Crippen molar-refractivity contribution in [2.24, 2.45) is 0 Å². The lowest BCUT2D eigenvalue weighted by atomic mass is 10.1. The van der Waals surface area contributed by atoms with Crippen LogP contribution in [-0.2, 0) is 6.42 Å². The van der Waals surface area contributed by atoms with Gasteiger partial charge in [0, 0.05) is 24.7 Å². The van der Waals surface area contributed by atoms with Crippen LogP contribution in [0, 0.1) is 0 Å². The van der Waals surface area contributed by atoms with Gasteiger partial charge in [0.1, 0.15) is 0 Å². The van der Waals surface area contributed by atoms with Crippen molar-refractivity contribution in [1.82, 2.24) is 10.2 Å². The molecular formula is C16H24N2O. The highest BCUT2D eigenvalue weighted by Crippen LogP contribution is 2.20. The molecule has 19 heavy (non-hydrogen) atoms. The van der Waals surface area contributed by atoms with E-state index in [1.807, 2.05) is 24.1 Å². The Morgan fingerprint density at radius 3 is 2.74 bits per heavy atom. The van der Waals surface area contributed by atoms with Crippen LogP contribution >= 0.6 is 0 Å². The van der Waals surface area contributed by atoms with Crippen molar-refractivity contribution in [2.45, 2.75) is 38.6 Å². The molecule has 3 nitrogen and oxygen atoms in total. The number of nitrogens with zero attached hydrogens (tertiary/aromatic N) is 1. The van der Waals surface area contributed by atoms with Gasteiger partial charge >= 0.3 is 0 Å². The van der Waals surface area contributed by atoms with Gasteiger partial charge in [-0.2, -0.15) is 0 Å². The van der Waals surface area contributed by atoms with E-state index in [0.29, 0.717) is 6.04 Å². The van der Waals surface area contributed by atoms with Crippen LogP contribution in [-0.4, -0.2) is 37.0 Å². The minimum atomic E-state index is 0.181. The number of hydrogen-bond donors (Lipinski definition) is 1. The molecule has 0 saturated carbocycles. The molecule has 0 aromatic heterocycles. The first kappa shape index (κ1) is 14.1. The number of nitrogens with one attached hydrogen (secondary N) is 1. The summed E-state index contributed by atoms with van der Waals surface area (Å²) in [7, 11) is 1.94. The van der Waals surface area contributed by atoms with Gasteiger partial charge < -0.3 is 10.2 Å². The van der Waals surface area contributed by atoms with E-state index in [0.717, 1.165) is 44.3 Å². The lowest BCUT2D eigenvalue weighted by Gasteiger charge is -2.24. The van der Waals surface area contributed by atoms with Gasteiger partial charge in [-0.05, 0) is 44.0 Å². The Morgan fingerprint density at radius 2 is 2.11 bits per heavy atom. The molecular weight excluding hydrogens is 236 g/mol. The third kappa shape index (κ3) is 3.35. The molecule has 1 aromatic rings. The number of hydrogen-bond acceptors (Lipinski definition) is 2. The van der Waals surface area contributed by atoms with E-state index in [2.05, 4.69) is 24.4 Å². The molecule has 1 heterocycles. The first-order valence-corrected chi connectivity index (χ1v) is 7.30. The topological polar surface area (TPSA) is 32.3 Å². The highest BCUT2D eigenvalue weighted by Gasteiger charge is 2.28. The Kier molecular flexibility index (Phi) is 4.97.